The molecule has 4 heteroatoms. The molecule has 0 aromatic heterocycles. The fourth-order valence-electron chi connectivity index (χ4n) is 9.92. The maximum atomic E-state index is 12.4. The molecule has 0 aromatic carbocycles. The van der Waals surface area contributed by atoms with E-state index < -0.39 is 0 Å². The number of ether oxygens (including phenoxy) is 1. The lowest BCUT2D eigenvalue weighted by atomic mass is 9.44. The second kappa shape index (κ2) is 11.5. The molecule has 4 nitrogen and oxygen atoms in total. The smallest absolute Gasteiger partial charge is 0.407 e. The molecule has 0 saturated heterocycles. The molecule has 4 fully saturated rings. The van der Waals surface area contributed by atoms with Crippen LogP contribution < -0.4 is 5.32 Å². The number of nitrogens with zero attached hydrogens (tertiary/aromatic N) is 1. The highest BCUT2D eigenvalue weighted by molar-refractivity contribution is 5.67. The van der Waals surface area contributed by atoms with Crippen molar-refractivity contribution in [2.75, 3.05) is 27.2 Å². The average Bonchev–Trinajstić information content (AvgIpc) is 3.16. The van der Waals surface area contributed by atoms with Gasteiger partial charge in [-0.1, -0.05) is 53.9 Å². The highest BCUT2D eigenvalue weighted by atomic mass is 16.6. The number of hydrogen-bond acceptors (Lipinski definition) is 3. The van der Waals surface area contributed by atoms with Gasteiger partial charge >= 0.3 is 6.09 Å². The van der Waals surface area contributed by atoms with Gasteiger partial charge in [-0.2, -0.15) is 0 Å². The summed E-state index contributed by atoms with van der Waals surface area (Å²) in [5, 5.41) is 2.95. The summed E-state index contributed by atoms with van der Waals surface area (Å²) >= 11 is 0. The van der Waals surface area contributed by atoms with E-state index in [4.69, 9.17) is 4.74 Å². The molecule has 0 heterocycles. The predicted octanol–water partition coefficient (Wildman–Crippen LogP) is 7.76. The van der Waals surface area contributed by atoms with Gasteiger partial charge < -0.3 is 15.0 Å². The van der Waals surface area contributed by atoms with Gasteiger partial charge in [0.2, 0.25) is 0 Å². The van der Waals surface area contributed by atoms with Gasteiger partial charge in [0.15, 0.2) is 0 Å². The van der Waals surface area contributed by atoms with Crippen molar-refractivity contribution >= 4 is 6.09 Å². The van der Waals surface area contributed by atoms with Crippen LogP contribution in [0.4, 0.5) is 4.79 Å². The number of fused-ring (bicyclic) bond motifs is 5. The van der Waals surface area contributed by atoms with Crippen LogP contribution in [0.2, 0.25) is 0 Å². The Hall–Kier alpha value is -0.770. The topological polar surface area (TPSA) is 41.6 Å². The SMILES string of the molecule is CC(C)CCC[C@@H](C)[C@H]1CC[C@H]2C3CCC4CC(OC(=O)NCCN(C)C)CC[C@]4(C)[C@H]3CC[C@]12C. The largest absolute Gasteiger partial charge is 0.446 e. The minimum atomic E-state index is -0.216. The highest BCUT2D eigenvalue weighted by Crippen LogP contribution is 2.68. The predicted molar refractivity (Wildman–Crippen MR) is 150 cm³/mol. The van der Waals surface area contributed by atoms with Crippen LogP contribution in [-0.2, 0) is 4.74 Å². The summed E-state index contributed by atoms with van der Waals surface area (Å²) in [7, 11) is 4.05. The number of carbonyl (C=O) groups is 1. The molecular weight excluding hydrogens is 444 g/mol. The van der Waals surface area contributed by atoms with Gasteiger partial charge in [0, 0.05) is 13.1 Å². The molecule has 0 spiro atoms. The minimum absolute atomic E-state index is 0.107. The molecule has 0 bridgehead atoms. The van der Waals surface area contributed by atoms with Gasteiger partial charge in [0.1, 0.15) is 6.10 Å². The maximum absolute atomic E-state index is 12.4. The lowest BCUT2D eigenvalue weighted by Crippen LogP contribution is -2.54. The zero-order chi connectivity index (χ0) is 26.1. The molecule has 4 rings (SSSR count). The Balaban J connectivity index is 1.34. The first kappa shape index (κ1) is 28.2. The minimum Gasteiger partial charge on any atom is -0.446 e. The van der Waals surface area contributed by atoms with Gasteiger partial charge in [0.25, 0.3) is 0 Å². The van der Waals surface area contributed by atoms with E-state index in [1.54, 1.807) is 0 Å². The Morgan fingerprint density at radius 2 is 1.67 bits per heavy atom. The van der Waals surface area contributed by atoms with Crippen LogP contribution in [0, 0.1) is 52.3 Å². The third-order valence-electron chi connectivity index (χ3n) is 11.9. The van der Waals surface area contributed by atoms with E-state index in [1.165, 1.54) is 64.2 Å². The molecule has 36 heavy (non-hydrogen) atoms. The molecule has 0 aliphatic heterocycles. The zero-order valence-electron chi connectivity index (χ0n) is 24.8. The molecule has 208 valence electrons. The van der Waals surface area contributed by atoms with Crippen molar-refractivity contribution < 1.29 is 9.53 Å². The molecule has 4 aliphatic carbocycles. The van der Waals surface area contributed by atoms with Gasteiger partial charge in [0.05, 0.1) is 0 Å². The number of hydrogen-bond donors (Lipinski definition) is 1. The zero-order valence-corrected chi connectivity index (χ0v) is 24.8. The standard InChI is InChI=1S/C32H58N2O2/c1-22(2)9-8-10-23(3)27-13-14-28-26-12-11-24-21-25(36-30(35)33-19-20-34(6)7)15-17-31(24,4)29(26)16-18-32(27,28)5/h22-29H,8-21H2,1-7H3,(H,33,35)/t23-,24?,25?,26?,27-,28+,29+,31+,32-/m1/s1. The lowest BCUT2D eigenvalue weighted by Gasteiger charge is -2.61. The summed E-state index contributed by atoms with van der Waals surface area (Å²) in [4.78, 5) is 14.4. The van der Waals surface area contributed by atoms with E-state index in [0.717, 1.165) is 60.8 Å². The van der Waals surface area contributed by atoms with Gasteiger partial charge in [-0.25, -0.2) is 4.79 Å². The molecule has 4 aliphatic rings. The molecule has 1 amide bonds. The molecule has 9 atom stereocenters. The van der Waals surface area contributed by atoms with E-state index >= 15 is 0 Å². The molecule has 1 N–H and O–H groups in total. The van der Waals surface area contributed by atoms with Crippen LogP contribution in [0.1, 0.15) is 112 Å². The summed E-state index contributed by atoms with van der Waals surface area (Å²) < 4.78 is 5.91. The lowest BCUT2D eigenvalue weighted by molar-refractivity contribution is -0.129. The first-order valence-electron chi connectivity index (χ1n) is 15.6. The molecule has 0 aromatic rings. The van der Waals surface area contributed by atoms with Gasteiger partial charge in [-0.05, 0) is 124 Å². The third kappa shape index (κ3) is 5.79. The van der Waals surface area contributed by atoms with Crippen LogP contribution >= 0.6 is 0 Å². The van der Waals surface area contributed by atoms with Crippen molar-refractivity contribution in [1.29, 1.82) is 0 Å². The number of amides is 1. The second-order valence-corrected chi connectivity index (χ2v) is 14.7. The van der Waals surface area contributed by atoms with Crippen LogP contribution in [0.3, 0.4) is 0 Å². The van der Waals surface area contributed by atoms with Crippen molar-refractivity contribution in [2.45, 2.75) is 118 Å². The van der Waals surface area contributed by atoms with Crippen molar-refractivity contribution in [2.24, 2.45) is 52.3 Å². The Morgan fingerprint density at radius 3 is 2.39 bits per heavy atom. The third-order valence-corrected chi connectivity index (χ3v) is 11.9. The summed E-state index contributed by atoms with van der Waals surface area (Å²) in [5.74, 6) is 6.17. The summed E-state index contributed by atoms with van der Waals surface area (Å²) in [6.07, 6.45) is 16.1. The van der Waals surface area contributed by atoms with E-state index in [1.807, 2.05) is 14.1 Å². The van der Waals surface area contributed by atoms with Crippen molar-refractivity contribution in [3.05, 3.63) is 0 Å². The fraction of sp³-hybridized carbons (Fsp3) is 0.969. The Labute approximate surface area is 223 Å². The van der Waals surface area contributed by atoms with Gasteiger partial charge in [-0.15, -0.1) is 0 Å². The Bertz CT molecular complexity index is 738. The quantitative estimate of drug-likeness (QED) is 0.350. The number of rotatable bonds is 9. The summed E-state index contributed by atoms with van der Waals surface area (Å²) in [6.45, 7) is 14.2. The summed E-state index contributed by atoms with van der Waals surface area (Å²) in [6, 6.07) is 0. The highest BCUT2D eigenvalue weighted by Gasteiger charge is 2.60. The summed E-state index contributed by atoms with van der Waals surface area (Å²) in [5.41, 5.74) is 1.03. The van der Waals surface area contributed by atoms with Gasteiger partial charge in [-0.3, -0.25) is 0 Å². The molecular formula is C32H58N2O2. The monoisotopic (exact) mass is 502 g/mol. The van der Waals surface area contributed by atoms with Crippen molar-refractivity contribution in [3.8, 4) is 0 Å². The molecule has 4 saturated carbocycles. The van der Waals surface area contributed by atoms with E-state index in [0.29, 0.717) is 17.4 Å². The average molecular weight is 503 g/mol. The van der Waals surface area contributed by atoms with Crippen LogP contribution in [0.15, 0.2) is 0 Å². The second-order valence-electron chi connectivity index (χ2n) is 14.7. The first-order chi connectivity index (χ1) is 17.0. The van der Waals surface area contributed by atoms with Crippen molar-refractivity contribution in [3.63, 3.8) is 0 Å². The maximum Gasteiger partial charge on any atom is 0.407 e. The number of nitrogens with one attached hydrogen (secondary N) is 1. The number of likely N-dealkylation sites (N-methyl/N-ethyl adjacent to an activating group) is 1. The van der Waals surface area contributed by atoms with Crippen LogP contribution in [0.5, 0.6) is 0 Å². The van der Waals surface area contributed by atoms with Crippen LogP contribution in [0.25, 0.3) is 0 Å². The fourth-order valence-corrected chi connectivity index (χ4v) is 9.92. The van der Waals surface area contributed by atoms with E-state index in [-0.39, 0.29) is 12.2 Å². The first-order valence-corrected chi connectivity index (χ1v) is 15.6. The van der Waals surface area contributed by atoms with Crippen molar-refractivity contribution in [1.82, 2.24) is 10.2 Å². The van der Waals surface area contributed by atoms with E-state index in [9.17, 15) is 4.79 Å². The molecule has 0 radical (unpaired) electrons. The number of carbonyl (C=O) groups excluding carboxylic acids is 1. The normalized spacial score (nSPS) is 40.9. The Morgan fingerprint density at radius 1 is 0.944 bits per heavy atom. The number of alkyl carbamates (subject to hydrolysis) is 1. The Kier molecular flexibility index (Phi) is 9.05. The van der Waals surface area contributed by atoms with Crippen LogP contribution in [-0.4, -0.2) is 44.3 Å². The van der Waals surface area contributed by atoms with E-state index in [2.05, 4.69) is 44.8 Å². The molecule has 3 unspecified atom stereocenters.